The number of ether oxygens (including phenoxy) is 2. The van der Waals surface area contributed by atoms with Gasteiger partial charge in [0.15, 0.2) is 11.5 Å². The van der Waals surface area contributed by atoms with Gasteiger partial charge in [-0.3, -0.25) is 14.5 Å². The summed E-state index contributed by atoms with van der Waals surface area (Å²) in [4.78, 5) is 29.3. The summed E-state index contributed by atoms with van der Waals surface area (Å²) in [5.74, 6) is 1.72. The molecule has 4 fully saturated rings. The van der Waals surface area contributed by atoms with Crippen molar-refractivity contribution in [3.8, 4) is 11.5 Å². The van der Waals surface area contributed by atoms with E-state index < -0.39 is 0 Å². The van der Waals surface area contributed by atoms with E-state index in [2.05, 4.69) is 17.0 Å². The number of nitrogens with zero attached hydrogens (tertiary/aromatic N) is 2. The fourth-order valence-electron chi connectivity index (χ4n) is 5.40. The SMILES string of the molecule is CCC(=O)C(=O)N1C[C@H](c2ccc3c(c2)OCO3)[C@@H]2[C@H]1C1CCN2CC1. The van der Waals surface area contributed by atoms with Crippen LogP contribution in [0.15, 0.2) is 18.2 Å². The van der Waals surface area contributed by atoms with E-state index in [4.69, 9.17) is 9.47 Å². The van der Waals surface area contributed by atoms with Gasteiger partial charge in [0.05, 0.1) is 6.04 Å². The minimum Gasteiger partial charge on any atom is -0.454 e. The van der Waals surface area contributed by atoms with Crippen LogP contribution in [0.3, 0.4) is 0 Å². The Morgan fingerprint density at radius 3 is 2.65 bits per heavy atom. The highest BCUT2D eigenvalue weighted by molar-refractivity contribution is 6.36. The van der Waals surface area contributed by atoms with Gasteiger partial charge in [-0.25, -0.2) is 0 Å². The Hall–Kier alpha value is -2.08. The molecule has 138 valence electrons. The number of likely N-dealkylation sites (tertiary alicyclic amines) is 1. The summed E-state index contributed by atoms with van der Waals surface area (Å²) in [6.45, 7) is 4.83. The van der Waals surface area contributed by atoms with Crippen LogP contribution in [-0.2, 0) is 9.59 Å². The standard InChI is InChI=1S/C20H24N2O4/c1-2-15(23)20(24)22-10-14(13-3-4-16-17(9-13)26-11-25-16)19-18(22)12-5-7-21(19)8-6-12/h3-4,9,12,14,18-19H,2,5-8,10-11H2,1H3/t14-,18-,19-/m1/s1. The third kappa shape index (κ3) is 2.28. The summed E-state index contributed by atoms with van der Waals surface area (Å²) in [6.07, 6.45) is 2.52. The molecule has 1 aromatic rings. The molecule has 0 saturated carbocycles. The smallest absolute Gasteiger partial charge is 0.290 e. The van der Waals surface area contributed by atoms with Crippen molar-refractivity contribution in [3.05, 3.63) is 23.8 Å². The van der Waals surface area contributed by atoms with Crippen LogP contribution in [0, 0.1) is 5.92 Å². The van der Waals surface area contributed by atoms with E-state index in [1.54, 1.807) is 6.92 Å². The van der Waals surface area contributed by atoms with E-state index in [1.807, 2.05) is 11.0 Å². The molecule has 6 heteroatoms. The number of carbonyl (C=O) groups is 2. The number of hydrogen-bond acceptors (Lipinski definition) is 5. The second-order valence-corrected chi connectivity index (χ2v) is 7.81. The summed E-state index contributed by atoms with van der Waals surface area (Å²) >= 11 is 0. The maximum absolute atomic E-state index is 12.8. The summed E-state index contributed by atoms with van der Waals surface area (Å²) in [5, 5.41) is 0. The molecule has 6 nitrogen and oxygen atoms in total. The van der Waals surface area contributed by atoms with Gasteiger partial charge in [0.2, 0.25) is 12.6 Å². The van der Waals surface area contributed by atoms with Crippen LogP contribution in [-0.4, -0.2) is 60.0 Å². The fourth-order valence-corrected chi connectivity index (χ4v) is 5.40. The number of rotatable bonds is 3. The van der Waals surface area contributed by atoms with Crippen LogP contribution in [0.25, 0.3) is 0 Å². The molecule has 3 atom stereocenters. The van der Waals surface area contributed by atoms with Gasteiger partial charge in [-0.05, 0) is 49.5 Å². The van der Waals surface area contributed by atoms with Gasteiger partial charge in [0.25, 0.3) is 5.91 Å². The van der Waals surface area contributed by atoms with E-state index >= 15 is 0 Å². The van der Waals surface area contributed by atoms with E-state index in [0.717, 1.165) is 37.4 Å². The average Bonchev–Trinajstić information content (AvgIpc) is 3.32. The lowest BCUT2D eigenvalue weighted by Gasteiger charge is -2.51. The first kappa shape index (κ1) is 16.1. The molecule has 0 spiro atoms. The van der Waals surface area contributed by atoms with Crippen LogP contribution in [0.2, 0.25) is 0 Å². The molecule has 5 aliphatic heterocycles. The number of benzene rings is 1. The molecule has 0 aromatic heterocycles. The molecule has 1 amide bonds. The van der Waals surface area contributed by atoms with Crippen molar-refractivity contribution in [2.45, 2.75) is 44.2 Å². The minimum atomic E-state index is -0.292. The highest BCUT2D eigenvalue weighted by Crippen LogP contribution is 2.47. The predicted octanol–water partition coefficient (Wildman–Crippen LogP) is 1.78. The number of fused-ring (bicyclic) bond motifs is 3. The number of piperidine rings is 3. The monoisotopic (exact) mass is 356 g/mol. The number of carbonyl (C=O) groups excluding carboxylic acids is 2. The second kappa shape index (κ2) is 5.98. The molecule has 0 radical (unpaired) electrons. The Labute approximate surface area is 153 Å². The Morgan fingerprint density at radius 2 is 1.88 bits per heavy atom. The molecule has 0 aliphatic carbocycles. The number of hydrogen-bond donors (Lipinski definition) is 0. The van der Waals surface area contributed by atoms with Crippen molar-refractivity contribution in [2.24, 2.45) is 5.92 Å². The summed E-state index contributed by atoms with van der Waals surface area (Å²) in [6, 6.07) is 6.58. The predicted molar refractivity (Wildman–Crippen MR) is 94.2 cm³/mol. The zero-order valence-electron chi connectivity index (χ0n) is 15.0. The molecule has 0 unspecified atom stereocenters. The molecular weight excluding hydrogens is 332 g/mol. The normalized spacial score (nSPS) is 34.0. The third-order valence-electron chi connectivity index (χ3n) is 6.64. The van der Waals surface area contributed by atoms with E-state index in [0.29, 0.717) is 18.5 Å². The first-order chi connectivity index (χ1) is 12.7. The molecule has 5 aliphatic rings. The molecule has 5 heterocycles. The fraction of sp³-hybridized carbons (Fsp3) is 0.600. The Kier molecular flexibility index (Phi) is 3.71. The average molecular weight is 356 g/mol. The van der Waals surface area contributed by atoms with Gasteiger partial charge in [-0.15, -0.1) is 0 Å². The molecular formula is C20H24N2O4. The summed E-state index contributed by atoms with van der Waals surface area (Å²) in [5.41, 5.74) is 1.18. The zero-order valence-corrected chi connectivity index (χ0v) is 15.0. The lowest BCUT2D eigenvalue weighted by atomic mass is 9.75. The molecule has 6 rings (SSSR count). The van der Waals surface area contributed by atoms with Crippen molar-refractivity contribution < 1.29 is 19.1 Å². The van der Waals surface area contributed by atoms with Gasteiger partial charge in [0.1, 0.15) is 0 Å². The van der Waals surface area contributed by atoms with Crippen LogP contribution in [0.5, 0.6) is 11.5 Å². The number of ketones is 1. The van der Waals surface area contributed by atoms with Crippen molar-refractivity contribution in [1.82, 2.24) is 9.80 Å². The van der Waals surface area contributed by atoms with E-state index in [9.17, 15) is 9.59 Å². The molecule has 4 saturated heterocycles. The maximum Gasteiger partial charge on any atom is 0.290 e. The molecule has 2 bridgehead atoms. The Bertz CT molecular complexity index is 756. The molecule has 1 aromatic carbocycles. The number of amides is 1. The second-order valence-electron chi connectivity index (χ2n) is 7.81. The van der Waals surface area contributed by atoms with Crippen LogP contribution in [0.4, 0.5) is 0 Å². The van der Waals surface area contributed by atoms with Gasteiger partial charge >= 0.3 is 0 Å². The molecule has 26 heavy (non-hydrogen) atoms. The van der Waals surface area contributed by atoms with Gasteiger partial charge in [0, 0.05) is 24.9 Å². The van der Waals surface area contributed by atoms with Crippen molar-refractivity contribution in [3.63, 3.8) is 0 Å². The largest absolute Gasteiger partial charge is 0.454 e. The van der Waals surface area contributed by atoms with E-state index in [1.165, 1.54) is 5.56 Å². The summed E-state index contributed by atoms with van der Waals surface area (Å²) < 4.78 is 11.0. The first-order valence-corrected chi connectivity index (χ1v) is 9.64. The molecule has 0 N–H and O–H groups in total. The van der Waals surface area contributed by atoms with Crippen LogP contribution >= 0.6 is 0 Å². The number of Topliss-reactive ketones (excluding diaryl/α,β-unsaturated/α-hetero) is 1. The van der Waals surface area contributed by atoms with Crippen molar-refractivity contribution in [1.29, 1.82) is 0 Å². The Balaban J connectivity index is 1.52. The van der Waals surface area contributed by atoms with Crippen molar-refractivity contribution >= 4 is 11.7 Å². The third-order valence-corrected chi connectivity index (χ3v) is 6.64. The van der Waals surface area contributed by atoms with E-state index in [-0.39, 0.29) is 36.9 Å². The maximum atomic E-state index is 12.8. The van der Waals surface area contributed by atoms with Gasteiger partial charge in [-0.2, -0.15) is 0 Å². The van der Waals surface area contributed by atoms with Crippen LogP contribution < -0.4 is 9.47 Å². The van der Waals surface area contributed by atoms with Gasteiger partial charge < -0.3 is 14.4 Å². The first-order valence-electron chi connectivity index (χ1n) is 9.64. The lowest BCUT2D eigenvalue weighted by Crippen LogP contribution is -2.61. The van der Waals surface area contributed by atoms with Gasteiger partial charge in [-0.1, -0.05) is 13.0 Å². The highest BCUT2D eigenvalue weighted by Gasteiger charge is 2.55. The Morgan fingerprint density at radius 1 is 1.12 bits per heavy atom. The summed E-state index contributed by atoms with van der Waals surface area (Å²) in [7, 11) is 0. The minimum absolute atomic E-state index is 0.163. The lowest BCUT2D eigenvalue weighted by molar-refractivity contribution is -0.147. The quantitative estimate of drug-likeness (QED) is 0.773. The highest BCUT2D eigenvalue weighted by atomic mass is 16.7. The topological polar surface area (TPSA) is 59.1 Å². The van der Waals surface area contributed by atoms with Crippen molar-refractivity contribution in [2.75, 3.05) is 26.4 Å². The zero-order chi connectivity index (χ0) is 17.8. The van der Waals surface area contributed by atoms with Crippen LogP contribution in [0.1, 0.15) is 37.7 Å².